The fourth-order valence-corrected chi connectivity index (χ4v) is 2.13. The lowest BCUT2D eigenvalue weighted by atomic mass is 10.2. The van der Waals surface area contributed by atoms with E-state index in [-0.39, 0.29) is 12.7 Å². The molecule has 0 aromatic heterocycles. The van der Waals surface area contributed by atoms with Gasteiger partial charge in [-0.05, 0) is 30.8 Å². The molecule has 0 aliphatic carbocycles. The molecule has 1 atom stereocenters. The first-order valence-corrected chi connectivity index (χ1v) is 6.98. The maximum atomic E-state index is 8.64. The molecule has 1 N–H and O–H groups in total. The topological polar surface area (TPSA) is 41.9 Å². The van der Waals surface area contributed by atoms with Crippen LogP contribution in [0.1, 0.15) is 12.5 Å². The van der Waals surface area contributed by atoms with Crippen LogP contribution in [0.15, 0.2) is 24.3 Å². The minimum Gasteiger partial charge on any atom is -0.491 e. The van der Waals surface area contributed by atoms with Crippen molar-refractivity contribution in [3.8, 4) is 17.6 Å². The third-order valence-corrected chi connectivity index (χ3v) is 3.27. The molecule has 4 heteroatoms. The third-order valence-electron chi connectivity index (χ3n) is 3.27. The van der Waals surface area contributed by atoms with Gasteiger partial charge in [0.15, 0.2) is 0 Å². The maximum Gasteiger partial charge on any atom is 0.119 e. The molecule has 1 saturated heterocycles. The summed E-state index contributed by atoms with van der Waals surface area (Å²) in [5.74, 6) is 6.29. The summed E-state index contributed by atoms with van der Waals surface area (Å²) in [6, 6.07) is 7.56. The molecule has 0 saturated carbocycles. The monoisotopic (exact) mass is 275 g/mol. The van der Waals surface area contributed by atoms with Crippen molar-refractivity contribution in [2.75, 3.05) is 39.5 Å². The lowest BCUT2D eigenvalue weighted by Gasteiger charge is -2.31. The van der Waals surface area contributed by atoms with E-state index < -0.39 is 0 Å². The second-order valence-electron chi connectivity index (χ2n) is 4.68. The largest absolute Gasteiger partial charge is 0.491 e. The first kappa shape index (κ1) is 14.9. The summed E-state index contributed by atoms with van der Waals surface area (Å²) in [5.41, 5.74) is 0.873. The summed E-state index contributed by atoms with van der Waals surface area (Å²) < 4.78 is 11.4. The van der Waals surface area contributed by atoms with Crippen molar-refractivity contribution in [1.82, 2.24) is 4.90 Å². The number of nitrogens with zero attached hydrogens (tertiary/aromatic N) is 1. The van der Waals surface area contributed by atoms with Gasteiger partial charge in [0.1, 0.15) is 25.1 Å². The van der Waals surface area contributed by atoms with Crippen LogP contribution < -0.4 is 4.74 Å². The van der Waals surface area contributed by atoms with Gasteiger partial charge in [0.25, 0.3) is 0 Å². The first-order valence-electron chi connectivity index (χ1n) is 6.98. The van der Waals surface area contributed by atoms with Gasteiger partial charge in [-0.25, -0.2) is 0 Å². The van der Waals surface area contributed by atoms with Gasteiger partial charge in [-0.3, -0.25) is 4.90 Å². The van der Waals surface area contributed by atoms with Crippen LogP contribution in [-0.4, -0.2) is 55.6 Å². The summed E-state index contributed by atoms with van der Waals surface area (Å²) in [6.45, 7) is 6.37. The molecule has 1 aromatic carbocycles. The van der Waals surface area contributed by atoms with Crippen LogP contribution in [0.3, 0.4) is 0 Å². The zero-order valence-corrected chi connectivity index (χ0v) is 11.8. The minimum atomic E-state index is -0.120. The number of aliphatic hydroxyl groups is 1. The van der Waals surface area contributed by atoms with Crippen LogP contribution >= 0.6 is 0 Å². The van der Waals surface area contributed by atoms with Crippen molar-refractivity contribution in [2.45, 2.75) is 13.0 Å². The van der Waals surface area contributed by atoms with Gasteiger partial charge < -0.3 is 14.6 Å². The van der Waals surface area contributed by atoms with E-state index in [0.29, 0.717) is 6.61 Å². The number of aliphatic hydroxyl groups excluding tert-OH is 1. The van der Waals surface area contributed by atoms with Crippen molar-refractivity contribution in [3.63, 3.8) is 0 Å². The van der Waals surface area contributed by atoms with Crippen molar-refractivity contribution < 1.29 is 14.6 Å². The number of likely N-dealkylation sites (N-methyl/N-ethyl adjacent to an activating group) is 1. The van der Waals surface area contributed by atoms with E-state index in [9.17, 15) is 0 Å². The number of hydrogen-bond acceptors (Lipinski definition) is 4. The minimum absolute atomic E-state index is 0.120. The molecular weight excluding hydrogens is 254 g/mol. The Morgan fingerprint density at radius 2 is 2.20 bits per heavy atom. The zero-order valence-electron chi connectivity index (χ0n) is 11.8. The molecule has 1 aromatic rings. The van der Waals surface area contributed by atoms with Gasteiger partial charge in [0.05, 0.1) is 6.61 Å². The molecule has 0 bridgehead atoms. The third kappa shape index (κ3) is 4.53. The molecule has 1 aliphatic rings. The number of benzene rings is 1. The maximum absolute atomic E-state index is 8.64. The highest BCUT2D eigenvalue weighted by Crippen LogP contribution is 2.13. The molecule has 108 valence electrons. The van der Waals surface area contributed by atoms with Crippen LogP contribution in [0.25, 0.3) is 0 Å². The van der Waals surface area contributed by atoms with Crippen molar-refractivity contribution >= 4 is 0 Å². The summed E-state index contributed by atoms with van der Waals surface area (Å²) in [6.07, 6.45) is 0.137. The Balaban J connectivity index is 1.81. The van der Waals surface area contributed by atoms with E-state index in [4.69, 9.17) is 14.6 Å². The summed E-state index contributed by atoms with van der Waals surface area (Å²) in [4.78, 5) is 2.37. The number of hydrogen-bond donors (Lipinski definition) is 1. The van der Waals surface area contributed by atoms with Gasteiger partial charge in [-0.1, -0.05) is 18.8 Å². The average molecular weight is 275 g/mol. The second-order valence-corrected chi connectivity index (χ2v) is 4.68. The van der Waals surface area contributed by atoms with Gasteiger partial charge in [0.2, 0.25) is 0 Å². The smallest absolute Gasteiger partial charge is 0.119 e. The van der Waals surface area contributed by atoms with Crippen LogP contribution in [0, 0.1) is 11.8 Å². The van der Waals surface area contributed by atoms with Crippen molar-refractivity contribution in [1.29, 1.82) is 0 Å². The van der Waals surface area contributed by atoms with Gasteiger partial charge >= 0.3 is 0 Å². The molecule has 1 aliphatic heterocycles. The van der Waals surface area contributed by atoms with E-state index in [1.807, 2.05) is 24.3 Å². The highest BCUT2D eigenvalue weighted by molar-refractivity contribution is 5.38. The Morgan fingerprint density at radius 3 is 2.90 bits per heavy atom. The average Bonchev–Trinajstić information content (AvgIpc) is 2.52. The van der Waals surface area contributed by atoms with E-state index in [2.05, 4.69) is 23.7 Å². The van der Waals surface area contributed by atoms with Gasteiger partial charge in [-0.15, -0.1) is 0 Å². The lowest BCUT2D eigenvalue weighted by Crippen LogP contribution is -2.44. The molecular formula is C16H21NO3. The fraction of sp³-hybridized carbons (Fsp3) is 0.500. The van der Waals surface area contributed by atoms with Crippen molar-refractivity contribution in [2.24, 2.45) is 0 Å². The normalized spacial score (nSPS) is 19.2. The second kappa shape index (κ2) is 7.91. The number of morpholine rings is 1. The predicted molar refractivity (Wildman–Crippen MR) is 77.8 cm³/mol. The summed E-state index contributed by atoms with van der Waals surface area (Å²) >= 11 is 0. The fourth-order valence-electron chi connectivity index (χ4n) is 2.13. The zero-order chi connectivity index (χ0) is 14.2. The van der Waals surface area contributed by atoms with E-state index in [1.54, 1.807) is 0 Å². The Labute approximate surface area is 120 Å². The van der Waals surface area contributed by atoms with Gasteiger partial charge in [-0.2, -0.15) is 0 Å². The van der Waals surface area contributed by atoms with Crippen LogP contribution in [0.5, 0.6) is 5.75 Å². The molecule has 0 radical (unpaired) electrons. The van der Waals surface area contributed by atoms with E-state index in [0.717, 1.165) is 37.6 Å². The molecule has 0 spiro atoms. The Kier molecular flexibility index (Phi) is 5.87. The molecule has 0 amide bonds. The summed E-state index contributed by atoms with van der Waals surface area (Å²) in [7, 11) is 0. The Hall–Kier alpha value is -1.54. The van der Waals surface area contributed by atoms with Crippen LogP contribution in [0.2, 0.25) is 0 Å². The van der Waals surface area contributed by atoms with E-state index >= 15 is 0 Å². The Morgan fingerprint density at radius 1 is 1.40 bits per heavy atom. The van der Waals surface area contributed by atoms with Crippen LogP contribution in [0.4, 0.5) is 0 Å². The molecule has 1 fully saturated rings. The molecule has 4 nitrogen and oxygen atoms in total. The standard InChI is InChI=1S/C16H21NO3/c1-2-17-9-11-19-16(12-17)13-20-15-7-5-14(6-8-15)4-3-10-18/h5-8,16,18H,2,9-13H2,1H3. The quantitative estimate of drug-likeness (QED) is 0.837. The number of rotatable bonds is 4. The molecule has 2 rings (SSSR count). The lowest BCUT2D eigenvalue weighted by molar-refractivity contribution is -0.0464. The van der Waals surface area contributed by atoms with Crippen molar-refractivity contribution in [3.05, 3.63) is 29.8 Å². The molecule has 20 heavy (non-hydrogen) atoms. The number of ether oxygens (including phenoxy) is 2. The highest BCUT2D eigenvalue weighted by Gasteiger charge is 2.19. The highest BCUT2D eigenvalue weighted by atomic mass is 16.5. The SMILES string of the molecule is CCN1CCOC(COc2ccc(C#CCO)cc2)C1. The Bertz CT molecular complexity index is 461. The van der Waals surface area contributed by atoms with E-state index in [1.165, 1.54) is 0 Å². The predicted octanol–water partition coefficient (Wildman–Crippen LogP) is 1.13. The van der Waals surface area contributed by atoms with Crippen LogP contribution in [-0.2, 0) is 4.74 Å². The van der Waals surface area contributed by atoms with Gasteiger partial charge in [0, 0.05) is 18.7 Å². The first-order chi connectivity index (χ1) is 9.81. The molecule has 1 heterocycles. The summed E-state index contributed by atoms with van der Waals surface area (Å²) in [5, 5.41) is 8.64. The molecule has 1 unspecified atom stereocenters.